The lowest BCUT2D eigenvalue weighted by Crippen LogP contribution is -2.37. The van der Waals surface area contributed by atoms with Gasteiger partial charge in [0, 0.05) is 6.54 Å². The van der Waals surface area contributed by atoms with E-state index in [-0.39, 0.29) is 24.0 Å². The fraction of sp³-hybridized carbons (Fsp3) is 0.353. The summed E-state index contributed by atoms with van der Waals surface area (Å²) >= 11 is 0. The summed E-state index contributed by atoms with van der Waals surface area (Å²) in [6.07, 6.45) is 0. The zero-order valence-corrected chi connectivity index (χ0v) is 16.4. The number of halogens is 1. The first-order valence-electron chi connectivity index (χ1n) is 7.50. The highest BCUT2D eigenvalue weighted by Crippen LogP contribution is 2.32. The standard InChI is InChI=1S/C17H21N3O3.HI/c1-21-15-9-13-5-4-12(8-14(13)10-16(15)22-2)11-19-17-18-6-7-20(17)23-3;/h4-5,8-10H,6-7,11H2,1-3H3,(H,18,19);1H. The van der Waals surface area contributed by atoms with Gasteiger partial charge in [-0.15, -0.1) is 24.0 Å². The van der Waals surface area contributed by atoms with Gasteiger partial charge in [-0.25, -0.2) is 10.1 Å². The van der Waals surface area contributed by atoms with Crippen molar-refractivity contribution in [3.05, 3.63) is 35.9 Å². The van der Waals surface area contributed by atoms with E-state index in [2.05, 4.69) is 28.5 Å². The van der Waals surface area contributed by atoms with E-state index < -0.39 is 0 Å². The molecule has 1 aliphatic rings. The number of aliphatic imine (C=N–C) groups is 1. The molecule has 3 rings (SSSR count). The predicted molar refractivity (Wildman–Crippen MR) is 105 cm³/mol. The molecular weight excluding hydrogens is 421 g/mol. The van der Waals surface area contributed by atoms with Crippen LogP contribution in [0.1, 0.15) is 5.56 Å². The highest BCUT2D eigenvalue weighted by Gasteiger charge is 2.15. The van der Waals surface area contributed by atoms with Gasteiger partial charge >= 0.3 is 0 Å². The number of ether oxygens (including phenoxy) is 2. The number of benzene rings is 2. The van der Waals surface area contributed by atoms with Gasteiger partial charge in [-0.2, -0.15) is 0 Å². The van der Waals surface area contributed by atoms with E-state index in [4.69, 9.17) is 14.3 Å². The van der Waals surface area contributed by atoms with Gasteiger partial charge < -0.3 is 14.8 Å². The number of fused-ring (bicyclic) bond motifs is 1. The van der Waals surface area contributed by atoms with Crippen molar-refractivity contribution in [3.63, 3.8) is 0 Å². The minimum Gasteiger partial charge on any atom is -0.493 e. The molecule has 0 bridgehead atoms. The minimum atomic E-state index is 0. The van der Waals surface area contributed by atoms with Gasteiger partial charge in [-0.05, 0) is 34.5 Å². The molecule has 0 saturated heterocycles. The molecule has 130 valence electrons. The maximum absolute atomic E-state index is 5.37. The number of hydrogen-bond acceptors (Lipinski definition) is 6. The Labute approximate surface area is 158 Å². The van der Waals surface area contributed by atoms with Gasteiger partial charge in [0.05, 0.1) is 34.4 Å². The van der Waals surface area contributed by atoms with Crippen molar-refractivity contribution in [3.8, 4) is 11.5 Å². The smallest absolute Gasteiger partial charge is 0.218 e. The Bertz CT molecular complexity index is 736. The molecule has 2 aromatic carbocycles. The molecule has 0 unspecified atom stereocenters. The number of hydrogen-bond donors (Lipinski definition) is 1. The average Bonchev–Trinajstić information content (AvgIpc) is 3.06. The Balaban J connectivity index is 0.00000208. The number of nitrogens with one attached hydrogen (secondary N) is 1. The molecule has 1 heterocycles. The summed E-state index contributed by atoms with van der Waals surface area (Å²) in [6.45, 7) is 2.22. The number of guanidine groups is 1. The van der Waals surface area contributed by atoms with Crippen LogP contribution in [0, 0.1) is 0 Å². The van der Waals surface area contributed by atoms with Crippen molar-refractivity contribution in [2.75, 3.05) is 34.4 Å². The van der Waals surface area contributed by atoms with Crippen molar-refractivity contribution in [1.29, 1.82) is 0 Å². The van der Waals surface area contributed by atoms with Crippen LogP contribution in [-0.2, 0) is 11.4 Å². The molecule has 0 aliphatic carbocycles. The molecule has 0 fully saturated rings. The van der Waals surface area contributed by atoms with Gasteiger partial charge in [-0.3, -0.25) is 4.84 Å². The normalized spacial score (nSPS) is 13.5. The van der Waals surface area contributed by atoms with Crippen LogP contribution < -0.4 is 14.8 Å². The van der Waals surface area contributed by atoms with E-state index in [9.17, 15) is 0 Å². The monoisotopic (exact) mass is 443 g/mol. The van der Waals surface area contributed by atoms with Crippen LogP contribution >= 0.6 is 24.0 Å². The molecule has 24 heavy (non-hydrogen) atoms. The van der Waals surface area contributed by atoms with Gasteiger partial charge in [0.25, 0.3) is 0 Å². The van der Waals surface area contributed by atoms with Crippen LogP contribution in [0.4, 0.5) is 0 Å². The van der Waals surface area contributed by atoms with Crippen molar-refractivity contribution in [1.82, 2.24) is 10.4 Å². The number of rotatable bonds is 5. The summed E-state index contributed by atoms with van der Waals surface area (Å²) in [5, 5.41) is 7.29. The molecule has 6 nitrogen and oxygen atoms in total. The molecule has 0 atom stereocenters. The average molecular weight is 443 g/mol. The lowest BCUT2D eigenvalue weighted by molar-refractivity contribution is -0.0582. The Kier molecular flexibility index (Phi) is 6.50. The third-order valence-electron chi connectivity index (χ3n) is 3.88. The van der Waals surface area contributed by atoms with E-state index >= 15 is 0 Å². The van der Waals surface area contributed by atoms with Crippen LogP contribution in [0.25, 0.3) is 10.8 Å². The van der Waals surface area contributed by atoms with Crippen LogP contribution in [0.3, 0.4) is 0 Å². The van der Waals surface area contributed by atoms with Gasteiger partial charge in [0.15, 0.2) is 11.5 Å². The molecule has 0 aromatic heterocycles. The van der Waals surface area contributed by atoms with Crippen molar-refractivity contribution in [2.24, 2.45) is 4.99 Å². The molecule has 7 heteroatoms. The van der Waals surface area contributed by atoms with E-state index in [0.29, 0.717) is 6.54 Å². The van der Waals surface area contributed by atoms with E-state index in [1.807, 2.05) is 12.1 Å². The second kappa shape index (κ2) is 8.39. The number of methoxy groups -OCH3 is 2. The third-order valence-corrected chi connectivity index (χ3v) is 3.88. The summed E-state index contributed by atoms with van der Waals surface area (Å²) in [6, 6.07) is 10.3. The molecular formula is C17H22IN3O3. The van der Waals surface area contributed by atoms with Gasteiger partial charge in [0.2, 0.25) is 5.96 Å². The Morgan fingerprint density at radius 2 is 1.75 bits per heavy atom. The summed E-state index contributed by atoms with van der Waals surface area (Å²) < 4.78 is 10.7. The zero-order chi connectivity index (χ0) is 16.2. The largest absolute Gasteiger partial charge is 0.493 e. The van der Waals surface area contributed by atoms with Crippen LogP contribution in [0.2, 0.25) is 0 Å². The molecule has 1 N–H and O–H groups in total. The molecule has 0 saturated carbocycles. The maximum atomic E-state index is 5.37. The molecule has 1 aliphatic heterocycles. The Morgan fingerprint density at radius 3 is 2.42 bits per heavy atom. The third kappa shape index (κ3) is 3.84. The quantitative estimate of drug-likeness (QED) is 0.721. The summed E-state index contributed by atoms with van der Waals surface area (Å²) in [4.78, 5) is 9.63. The summed E-state index contributed by atoms with van der Waals surface area (Å²) in [5.74, 6) is 2.25. The first-order chi connectivity index (χ1) is 11.2. The predicted octanol–water partition coefficient (Wildman–Crippen LogP) is 2.80. The first kappa shape index (κ1) is 18.6. The van der Waals surface area contributed by atoms with Crippen molar-refractivity contribution < 1.29 is 14.3 Å². The highest BCUT2D eigenvalue weighted by molar-refractivity contribution is 14.0. The molecule has 0 amide bonds. The van der Waals surface area contributed by atoms with Gasteiger partial charge in [0.1, 0.15) is 0 Å². The van der Waals surface area contributed by atoms with Crippen LogP contribution in [0.5, 0.6) is 11.5 Å². The fourth-order valence-electron chi connectivity index (χ4n) is 2.67. The molecule has 0 radical (unpaired) electrons. The summed E-state index contributed by atoms with van der Waals surface area (Å²) in [5.41, 5.74) is 1.16. The maximum Gasteiger partial charge on any atom is 0.218 e. The Morgan fingerprint density at radius 1 is 1.04 bits per heavy atom. The lowest BCUT2D eigenvalue weighted by atomic mass is 10.1. The lowest BCUT2D eigenvalue weighted by Gasteiger charge is -2.18. The Hall–Kier alpha value is -1.74. The summed E-state index contributed by atoms with van der Waals surface area (Å²) in [7, 11) is 4.94. The SMILES string of the molecule is COc1cc2ccc(CNC3=NCCN3OC)cc2cc1OC.I. The van der Waals surface area contributed by atoms with E-state index in [1.54, 1.807) is 26.4 Å². The fourth-order valence-corrected chi connectivity index (χ4v) is 2.67. The number of nitrogens with zero attached hydrogens (tertiary/aromatic N) is 2. The first-order valence-corrected chi connectivity index (χ1v) is 7.50. The second-order valence-electron chi connectivity index (χ2n) is 5.23. The molecule has 0 spiro atoms. The van der Waals surface area contributed by atoms with E-state index in [1.165, 1.54) is 0 Å². The number of hydroxylamine groups is 2. The van der Waals surface area contributed by atoms with Crippen LogP contribution in [-0.4, -0.2) is 45.4 Å². The molecule has 2 aromatic rings. The highest BCUT2D eigenvalue weighted by atomic mass is 127. The minimum absolute atomic E-state index is 0. The second-order valence-corrected chi connectivity index (χ2v) is 5.23. The van der Waals surface area contributed by atoms with E-state index in [0.717, 1.165) is 46.9 Å². The van der Waals surface area contributed by atoms with Gasteiger partial charge in [-0.1, -0.05) is 12.1 Å². The zero-order valence-electron chi connectivity index (χ0n) is 14.0. The van der Waals surface area contributed by atoms with Crippen LogP contribution in [0.15, 0.2) is 35.3 Å². The van der Waals surface area contributed by atoms with Crippen molar-refractivity contribution in [2.45, 2.75) is 6.54 Å². The topological polar surface area (TPSA) is 55.3 Å². The van der Waals surface area contributed by atoms with Crippen molar-refractivity contribution >= 4 is 40.7 Å².